The van der Waals surface area contributed by atoms with Gasteiger partial charge in [-0.3, -0.25) is 4.79 Å². The van der Waals surface area contributed by atoms with E-state index in [1.54, 1.807) is 12.1 Å². The highest BCUT2D eigenvalue weighted by Crippen LogP contribution is 2.14. The molecule has 16 heavy (non-hydrogen) atoms. The topological polar surface area (TPSA) is 29.1 Å². The molecule has 0 spiro atoms. The van der Waals surface area contributed by atoms with Gasteiger partial charge in [0.2, 0.25) is 0 Å². The lowest BCUT2D eigenvalue weighted by Crippen LogP contribution is -2.24. The monoisotopic (exact) mass is 351 g/mol. The Labute approximate surface area is 115 Å². The minimum Gasteiger partial charge on any atom is -0.352 e. The van der Waals surface area contributed by atoms with Gasteiger partial charge in [-0.05, 0) is 29.4 Å². The van der Waals surface area contributed by atoms with Crippen molar-refractivity contribution in [1.29, 1.82) is 0 Å². The zero-order valence-corrected chi connectivity index (χ0v) is 11.9. The van der Waals surface area contributed by atoms with Crippen LogP contribution in [-0.2, 0) is 0 Å². The normalized spacial score (nSPS) is 10.1. The molecule has 1 N–H and O–H groups in total. The van der Waals surface area contributed by atoms with Gasteiger partial charge in [0.05, 0.1) is 10.6 Å². The van der Waals surface area contributed by atoms with Gasteiger partial charge in [-0.25, -0.2) is 0 Å². The number of halogens is 2. The number of carbonyl (C=O) groups is 1. The molecule has 4 heteroatoms. The number of benzene rings is 1. The molecular formula is C12H15ClINO. The number of unbranched alkanes of at least 4 members (excludes halogenated alkanes) is 2. The number of alkyl halides is 1. The van der Waals surface area contributed by atoms with E-state index in [1.165, 1.54) is 10.8 Å². The molecule has 0 bridgehead atoms. The predicted molar refractivity (Wildman–Crippen MR) is 76.5 cm³/mol. The molecule has 1 aromatic rings. The van der Waals surface area contributed by atoms with Crippen LogP contribution in [0.1, 0.15) is 29.6 Å². The molecular weight excluding hydrogens is 336 g/mol. The molecule has 0 aliphatic rings. The molecule has 88 valence electrons. The maximum atomic E-state index is 11.7. The van der Waals surface area contributed by atoms with E-state index >= 15 is 0 Å². The van der Waals surface area contributed by atoms with Gasteiger partial charge in [-0.15, -0.1) is 0 Å². The fraction of sp³-hybridized carbons (Fsp3) is 0.417. The van der Waals surface area contributed by atoms with E-state index < -0.39 is 0 Å². The van der Waals surface area contributed by atoms with Crippen molar-refractivity contribution in [2.75, 3.05) is 11.0 Å². The summed E-state index contributed by atoms with van der Waals surface area (Å²) in [5, 5.41) is 3.38. The Balaban J connectivity index is 2.33. The lowest BCUT2D eigenvalue weighted by Gasteiger charge is -2.05. The zero-order valence-electron chi connectivity index (χ0n) is 9.01. The average molecular weight is 352 g/mol. The summed E-state index contributed by atoms with van der Waals surface area (Å²) >= 11 is 8.28. The molecule has 2 nitrogen and oxygen atoms in total. The SMILES string of the molecule is O=C(NCCCCCI)c1ccccc1Cl. The number of amides is 1. The Morgan fingerprint density at radius 2 is 2.00 bits per heavy atom. The van der Waals surface area contributed by atoms with Gasteiger partial charge in [0.15, 0.2) is 0 Å². The second kappa shape index (κ2) is 7.90. The Kier molecular flexibility index (Phi) is 6.80. The van der Waals surface area contributed by atoms with Gasteiger partial charge in [0.1, 0.15) is 0 Å². The van der Waals surface area contributed by atoms with Crippen molar-refractivity contribution < 1.29 is 4.79 Å². The Morgan fingerprint density at radius 1 is 1.25 bits per heavy atom. The molecule has 0 aliphatic carbocycles. The number of nitrogens with one attached hydrogen (secondary N) is 1. The van der Waals surface area contributed by atoms with E-state index in [1.807, 2.05) is 12.1 Å². The highest BCUT2D eigenvalue weighted by Gasteiger charge is 2.07. The smallest absolute Gasteiger partial charge is 0.252 e. The highest BCUT2D eigenvalue weighted by atomic mass is 127. The fourth-order valence-corrected chi connectivity index (χ4v) is 2.10. The van der Waals surface area contributed by atoms with E-state index in [4.69, 9.17) is 11.6 Å². The molecule has 0 aromatic heterocycles. The maximum absolute atomic E-state index is 11.7. The van der Waals surface area contributed by atoms with Crippen LogP contribution in [0, 0.1) is 0 Å². The molecule has 0 heterocycles. The van der Waals surface area contributed by atoms with Crippen molar-refractivity contribution in [3.8, 4) is 0 Å². The van der Waals surface area contributed by atoms with Crippen molar-refractivity contribution in [2.24, 2.45) is 0 Å². The van der Waals surface area contributed by atoms with Crippen molar-refractivity contribution >= 4 is 40.1 Å². The summed E-state index contributed by atoms with van der Waals surface area (Å²) in [5.41, 5.74) is 0.554. The summed E-state index contributed by atoms with van der Waals surface area (Å²) in [6.45, 7) is 0.723. The van der Waals surface area contributed by atoms with Gasteiger partial charge in [-0.1, -0.05) is 52.7 Å². The van der Waals surface area contributed by atoms with Gasteiger partial charge in [0.25, 0.3) is 5.91 Å². The molecule has 1 aromatic carbocycles. The summed E-state index contributed by atoms with van der Waals surface area (Å²) in [4.78, 5) is 11.7. The van der Waals surface area contributed by atoms with Crippen LogP contribution in [0.3, 0.4) is 0 Å². The van der Waals surface area contributed by atoms with E-state index in [-0.39, 0.29) is 5.91 Å². The fourth-order valence-electron chi connectivity index (χ4n) is 1.34. The lowest BCUT2D eigenvalue weighted by atomic mass is 10.2. The van der Waals surface area contributed by atoms with Crippen molar-refractivity contribution in [2.45, 2.75) is 19.3 Å². The molecule has 1 amide bonds. The molecule has 0 atom stereocenters. The number of hydrogen-bond acceptors (Lipinski definition) is 1. The van der Waals surface area contributed by atoms with Crippen molar-refractivity contribution in [3.05, 3.63) is 34.9 Å². The van der Waals surface area contributed by atoms with Gasteiger partial charge >= 0.3 is 0 Å². The third-order valence-electron chi connectivity index (χ3n) is 2.21. The zero-order chi connectivity index (χ0) is 11.8. The minimum absolute atomic E-state index is 0.0833. The second-order valence-corrected chi connectivity index (χ2v) is 4.97. The standard InChI is InChI=1S/C12H15ClINO/c13-11-7-3-2-6-10(11)12(16)15-9-5-1-4-8-14/h2-3,6-7H,1,4-5,8-9H2,(H,15,16). The minimum atomic E-state index is -0.0833. The number of carbonyl (C=O) groups excluding carboxylic acids is 1. The predicted octanol–water partition coefficient (Wildman–Crippen LogP) is 3.68. The van der Waals surface area contributed by atoms with E-state index in [0.717, 1.165) is 19.4 Å². The molecule has 0 radical (unpaired) electrons. The van der Waals surface area contributed by atoms with E-state index in [9.17, 15) is 4.79 Å². The largest absolute Gasteiger partial charge is 0.352 e. The third-order valence-corrected chi connectivity index (χ3v) is 3.31. The van der Waals surface area contributed by atoms with Gasteiger partial charge in [-0.2, -0.15) is 0 Å². The molecule has 0 saturated heterocycles. The first-order valence-corrected chi connectivity index (χ1v) is 7.24. The van der Waals surface area contributed by atoms with E-state index in [2.05, 4.69) is 27.9 Å². The first kappa shape index (κ1) is 13.8. The van der Waals surface area contributed by atoms with Crippen LogP contribution in [0.4, 0.5) is 0 Å². The van der Waals surface area contributed by atoms with Gasteiger partial charge < -0.3 is 5.32 Å². The van der Waals surface area contributed by atoms with Crippen LogP contribution in [0.25, 0.3) is 0 Å². The second-order valence-electron chi connectivity index (χ2n) is 3.49. The molecule has 0 fully saturated rings. The Hall–Kier alpha value is -0.290. The quantitative estimate of drug-likeness (QED) is 0.473. The van der Waals surface area contributed by atoms with E-state index in [0.29, 0.717) is 10.6 Å². The summed E-state index contributed by atoms with van der Waals surface area (Å²) in [5.74, 6) is -0.0833. The van der Waals surface area contributed by atoms with Crippen LogP contribution in [0.15, 0.2) is 24.3 Å². The van der Waals surface area contributed by atoms with Crippen LogP contribution >= 0.6 is 34.2 Å². The summed E-state index contributed by atoms with van der Waals surface area (Å²) in [7, 11) is 0. The molecule has 1 rings (SSSR count). The van der Waals surface area contributed by atoms with Crippen LogP contribution in [-0.4, -0.2) is 16.9 Å². The van der Waals surface area contributed by atoms with Crippen molar-refractivity contribution in [3.63, 3.8) is 0 Å². The third kappa shape index (κ3) is 4.70. The number of rotatable bonds is 6. The first-order valence-electron chi connectivity index (χ1n) is 5.34. The number of hydrogen-bond donors (Lipinski definition) is 1. The lowest BCUT2D eigenvalue weighted by molar-refractivity contribution is 0.0953. The highest BCUT2D eigenvalue weighted by molar-refractivity contribution is 14.1. The van der Waals surface area contributed by atoms with Crippen LogP contribution in [0.5, 0.6) is 0 Å². The van der Waals surface area contributed by atoms with Crippen molar-refractivity contribution in [1.82, 2.24) is 5.32 Å². The molecule has 0 aliphatic heterocycles. The average Bonchev–Trinajstić information content (AvgIpc) is 2.29. The summed E-state index contributed by atoms with van der Waals surface area (Å²) in [6.07, 6.45) is 3.40. The maximum Gasteiger partial charge on any atom is 0.252 e. The summed E-state index contributed by atoms with van der Waals surface area (Å²) < 4.78 is 1.18. The van der Waals surface area contributed by atoms with Gasteiger partial charge in [0, 0.05) is 6.54 Å². The van der Waals surface area contributed by atoms with Crippen LogP contribution in [0.2, 0.25) is 5.02 Å². The summed E-state index contributed by atoms with van der Waals surface area (Å²) in [6, 6.07) is 7.10. The Morgan fingerprint density at radius 3 is 2.69 bits per heavy atom. The molecule has 0 saturated carbocycles. The Bertz CT molecular complexity index is 344. The molecule has 0 unspecified atom stereocenters. The van der Waals surface area contributed by atoms with Crippen LogP contribution < -0.4 is 5.32 Å². The first-order chi connectivity index (χ1) is 7.75.